The number of carbonyl (C=O) groups is 2. The third kappa shape index (κ3) is 6.13. The van der Waals surface area contributed by atoms with Crippen LogP contribution in [0.3, 0.4) is 0 Å². The van der Waals surface area contributed by atoms with Crippen molar-refractivity contribution < 1.29 is 27.2 Å². The summed E-state index contributed by atoms with van der Waals surface area (Å²) in [5.74, 6) is 0.254. The summed E-state index contributed by atoms with van der Waals surface area (Å²) in [4.78, 5) is 23.7. The van der Waals surface area contributed by atoms with E-state index in [4.69, 9.17) is 10.2 Å². The van der Waals surface area contributed by atoms with Gasteiger partial charge in [-0.05, 0) is 43.3 Å². The Hall–Kier alpha value is -3.28. The molecule has 3 aromatic rings. The number of nitrogens with zero attached hydrogens (tertiary/aromatic N) is 3. The second-order valence-corrected chi connectivity index (χ2v) is 8.16. The van der Waals surface area contributed by atoms with Crippen molar-refractivity contribution in [2.75, 3.05) is 5.32 Å². The summed E-state index contributed by atoms with van der Waals surface area (Å²) in [7, 11) is 0. The summed E-state index contributed by atoms with van der Waals surface area (Å²) in [6, 6.07) is 7.69. The zero-order valence-corrected chi connectivity index (χ0v) is 17.7. The van der Waals surface area contributed by atoms with E-state index in [0.717, 1.165) is 23.9 Å². The van der Waals surface area contributed by atoms with Gasteiger partial charge in [-0.15, -0.1) is 10.2 Å². The van der Waals surface area contributed by atoms with Crippen LogP contribution >= 0.6 is 11.8 Å². The number of furan rings is 1. The van der Waals surface area contributed by atoms with Crippen molar-refractivity contribution in [1.29, 1.82) is 0 Å². The third-order valence-electron chi connectivity index (χ3n) is 4.41. The number of thioether (sulfide) groups is 1. The predicted octanol–water partition coefficient (Wildman–Crippen LogP) is 3.48. The number of rotatable bonds is 9. The number of anilines is 1. The third-order valence-corrected chi connectivity index (χ3v) is 5.49. The van der Waals surface area contributed by atoms with Gasteiger partial charge in [0.05, 0.1) is 23.6 Å². The molecule has 0 bridgehead atoms. The Morgan fingerprint density at radius 2 is 1.94 bits per heavy atom. The monoisotopic (exact) mass is 467 g/mol. The molecule has 170 valence electrons. The van der Waals surface area contributed by atoms with Crippen LogP contribution in [0.15, 0.2) is 52.2 Å². The minimum Gasteiger partial charge on any atom is -0.467 e. The lowest BCUT2D eigenvalue weighted by Crippen LogP contribution is -2.23. The van der Waals surface area contributed by atoms with Gasteiger partial charge in [0.25, 0.3) is 0 Å². The topological polar surface area (TPSA) is 116 Å². The highest BCUT2D eigenvalue weighted by molar-refractivity contribution is 8.00. The van der Waals surface area contributed by atoms with Crippen molar-refractivity contribution >= 4 is 29.3 Å². The van der Waals surface area contributed by atoms with Gasteiger partial charge in [0, 0.05) is 18.5 Å². The standard InChI is InChI=1S/C20H20F3N5O3S/c1-12(18(30)25-14-6-4-13(5-7-14)20(21,22)23)32-19-27-26-17(9-8-16(24)29)28(19)11-15-3-2-10-31-15/h2-7,10,12H,8-9,11H2,1H3,(H2,24,29)(H,25,30). The molecule has 0 aliphatic heterocycles. The number of hydrogen-bond acceptors (Lipinski definition) is 6. The molecule has 0 aliphatic carbocycles. The predicted molar refractivity (Wildman–Crippen MR) is 111 cm³/mol. The molecule has 1 atom stereocenters. The van der Waals surface area contributed by atoms with Crippen LogP contribution in [-0.2, 0) is 28.7 Å². The molecule has 12 heteroatoms. The van der Waals surface area contributed by atoms with Gasteiger partial charge in [-0.3, -0.25) is 14.2 Å². The molecular weight excluding hydrogens is 447 g/mol. The number of halogens is 3. The Morgan fingerprint density at radius 3 is 2.53 bits per heavy atom. The van der Waals surface area contributed by atoms with Gasteiger partial charge in [-0.25, -0.2) is 0 Å². The smallest absolute Gasteiger partial charge is 0.416 e. The first-order chi connectivity index (χ1) is 15.1. The van der Waals surface area contributed by atoms with Crippen molar-refractivity contribution in [3.8, 4) is 0 Å². The van der Waals surface area contributed by atoms with Crippen LogP contribution < -0.4 is 11.1 Å². The molecule has 2 amide bonds. The molecule has 2 heterocycles. The van der Waals surface area contributed by atoms with Crippen LogP contribution in [-0.4, -0.2) is 31.8 Å². The summed E-state index contributed by atoms with van der Waals surface area (Å²) in [6.07, 6.45) is -2.56. The number of aromatic nitrogens is 3. The molecular formula is C20H20F3N5O3S. The molecule has 0 fully saturated rings. The van der Waals surface area contributed by atoms with Gasteiger partial charge >= 0.3 is 6.18 Å². The summed E-state index contributed by atoms with van der Waals surface area (Å²) in [5.41, 5.74) is 4.67. The van der Waals surface area contributed by atoms with Crippen molar-refractivity contribution in [3.63, 3.8) is 0 Å². The molecule has 32 heavy (non-hydrogen) atoms. The van der Waals surface area contributed by atoms with Gasteiger partial charge in [-0.2, -0.15) is 13.2 Å². The Bertz CT molecular complexity index is 1070. The summed E-state index contributed by atoms with van der Waals surface area (Å²) in [6.45, 7) is 1.93. The second-order valence-electron chi connectivity index (χ2n) is 6.86. The Labute approximate surface area is 185 Å². The largest absolute Gasteiger partial charge is 0.467 e. The number of alkyl halides is 3. The zero-order valence-electron chi connectivity index (χ0n) is 16.9. The summed E-state index contributed by atoms with van der Waals surface area (Å²) in [5, 5.41) is 10.6. The molecule has 0 spiro atoms. The molecule has 3 rings (SSSR count). The molecule has 0 aliphatic rings. The highest BCUT2D eigenvalue weighted by atomic mass is 32.2. The molecule has 1 aromatic carbocycles. The average molecular weight is 467 g/mol. The maximum atomic E-state index is 12.7. The summed E-state index contributed by atoms with van der Waals surface area (Å²) >= 11 is 1.12. The van der Waals surface area contributed by atoms with Crippen LogP contribution in [0.25, 0.3) is 0 Å². The fraction of sp³-hybridized carbons (Fsp3) is 0.300. The van der Waals surface area contributed by atoms with Crippen molar-refractivity contribution in [3.05, 3.63) is 59.8 Å². The molecule has 0 saturated carbocycles. The number of nitrogens with two attached hydrogens (primary N) is 1. The normalized spacial score (nSPS) is 12.5. The van der Waals surface area contributed by atoms with Crippen molar-refractivity contribution in [2.24, 2.45) is 5.73 Å². The van der Waals surface area contributed by atoms with E-state index in [-0.39, 0.29) is 18.5 Å². The number of nitrogens with one attached hydrogen (secondary N) is 1. The number of aryl methyl sites for hydroxylation is 1. The molecule has 8 nitrogen and oxygen atoms in total. The first-order valence-corrected chi connectivity index (χ1v) is 10.4. The van der Waals surface area contributed by atoms with Gasteiger partial charge in [-0.1, -0.05) is 11.8 Å². The first-order valence-electron chi connectivity index (χ1n) is 9.51. The fourth-order valence-electron chi connectivity index (χ4n) is 2.74. The van der Waals surface area contributed by atoms with E-state index in [1.807, 2.05) is 0 Å². The Kier molecular flexibility index (Phi) is 7.23. The lowest BCUT2D eigenvalue weighted by Gasteiger charge is -2.14. The molecule has 0 saturated heterocycles. The highest BCUT2D eigenvalue weighted by Gasteiger charge is 2.30. The molecule has 0 radical (unpaired) electrons. The second kappa shape index (κ2) is 9.90. The Morgan fingerprint density at radius 1 is 1.22 bits per heavy atom. The van der Waals surface area contributed by atoms with Crippen LogP contribution in [0.2, 0.25) is 0 Å². The van der Waals surface area contributed by atoms with E-state index in [1.165, 1.54) is 18.4 Å². The van der Waals surface area contributed by atoms with Crippen LogP contribution in [0.4, 0.5) is 18.9 Å². The van der Waals surface area contributed by atoms with E-state index in [1.54, 1.807) is 23.6 Å². The lowest BCUT2D eigenvalue weighted by atomic mass is 10.2. The zero-order chi connectivity index (χ0) is 23.3. The maximum absolute atomic E-state index is 12.7. The number of hydrogen-bond donors (Lipinski definition) is 2. The Balaban J connectivity index is 1.70. The number of amides is 2. The van der Waals surface area contributed by atoms with Gasteiger partial charge < -0.3 is 15.5 Å². The molecule has 3 N–H and O–H groups in total. The SMILES string of the molecule is CC(Sc1nnc(CCC(N)=O)n1Cc1ccco1)C(=O)Nc1ccc(C(F)(F)F)cc1. The molecule has 1 unspecified atom stereocenters. The lowest BCUT2D eigenvalue weighted by molar-refractivity contribution is -0.137. The van der Waals surface area contributed by atoms with Crippen molar-refractivity contribution in [2.45, 2.75) is 42.9 Å². The van der Waals surface area contributed by atoms with E-state index in [0.29, 0.717) is 23.3 Å². The first kappa shape index (κ1) is 23.4. The minimum atomic E-state index is -4.45. The number of carbonyl (C=O) groups excluding carboxylic acids is 2. The van der Waals surface area contributed by atoms with E-state index < -0.39 is 28.8 Å². The van der Waals surface area contributed by atoms with Crippen molar-refractivity contribution in [1.82, 2.24) is 14.8 Å². The van der Waals surface area contributed by atoms with Crippen LogP contribution in [0, 0.1) is 0 Å². The van der Waals surface area contributed by atoms with Crippen LogP contribution in [0.5, 0.6) is 0 Å². The van der Waals surface area contributed by atoms with Crippen LogP contribution in [0.1, 0.15) is 30.5 Å². The van der Waals surface area contributed by atoms with E-state index >= 15 is 0 Å². The number of primary amides is 1. The maximum Gasteiger partial charge on any atom is 0.416 e. The van der Waals surface area contributed by atoms with E-state index in [2.05, 4.69) is 15.5 Å². The van der Waals surface area contributed by atoms with Gasteiger partial charge in [0.2, 0.25) is 11.8 Å². The molecule has 2 aromatic heterocycles. The average Bonchev–Trinajstić information content (AvgIpc) is 3.37. The van der Waals surface area contributed by atoms with Gasteiger partial charge in [0.1, 0.15) is 11.6 Å². The number of benzene rings is 1. The highest BCUT2D eigenvalue weighted by Crippen LogP contribution is 2.30. The minimum absolute atomic E-state index is 0.0882. The van der Waals surface area contributed by atoms with Gasteiger partial charge in [0.15, 0.2) is 5.16 Å². The van der Waals surface area contributed by atoms with E-state index in [9.17, 15) is 22.8 Å². The quantitative estimate of drug-likeness (QED) is 0.466. The summed E-state index contributed by atoms with van der Waals surface area (Å²) < 4.78 is 45.2. The fourth-order valence-corrected chi connectivity index (χ4v) is 3.61.